The van der Waals surface area contributed by atoms with Crippen LogP contribution < -0.4 is 10.1 Å². The van der Waals surface area contributed by atoms with E-state index in [1.807, 2.05) is 0 Å². The molecule has 0 aromatic heterocycles. The third-order valence-corrected chi connectivity index (χ3v) is 3.85. The Balaban J connectivity index is 3.41. The molecule has 1 aromatic rings. The van der Waals surface area contributed by atoms with Crippen LogP contribution in [0.1, 0.15) is 11.1 Å². The van der Waals surface area contributed by atoms with Gasteiger partial charge in [0.05, 0.1) is 15.9 Å². The van der Waals surface area contributed by atoms with Gasteiger partial charge < -0.3 is 10.1 Å². The van der Waals surface area contributed by atoms with Gasteiger partial charge in [-0.05, 0) is 12.5 Å². The molecule has 0 aliphatic heterocycles. The third-order valence-electron chi connectivity index (χ3n) is 2.17. The number of carbonyl (C=O) groups excluding carboxylic acids is 1. The second-order valence-corrected chi connectivity index (χ2v) is 4.55. The van der Waals surface area contributed by atoms with Crippen LogP contribution in [0.2, 0.25) is 15.1 Å². The second kappa shape index (κ2) is 6.01. The molecule has 1 rings (SSSR count). The van der Waals surface area contributed by atoms with Crippen LogP contribution in [-0.4, -0.2) is 13.1 Å². The highest BCUT2D eigenvalue weighted by molar-refractivity contribution is 6.49. The van der Waals surface area contributed by atoms with E-state index in [0.29, 0.717) is 16.1 Å². The SMILES string of the molecule is CNC(=O)Oc1c(Cl)c(Cl)c(Cl)c(C)c1CCl. The molecule has 1 aromatic carbocycles. The van der Waals surface area contributed by atoms with Crippen molar-refractivity contribution in [3.8, 4) is 5.75 Å². The maximum absolute atomic E-state index is 11.2. The van der Waals surface area contributed by atoms with Crippen molar-refractivity contribution >= 4 is 52.5 Å². The van der Waals surface area contributed by atoms with Gasteiger partial charge in [0, 0.05) is 12.6 Å². The molecule has 0 spiro atoms. The lowest BCUT2D eigenvalue weighted by atomic mass is 10.1. The molecular weight excluding hydrogens is 308 g/mol. The van der Waals surface area contributed by atoms with Crippen molar-refractivity contribution in [2.75, 3.05) is 7.05 Å². The molecule has 3 nitrogen and oxygen atoms in total. The number of hydrogen-bond donors (Lipinski definition) is 1. The number of benzene rings is 1. The van der Waals surface area contributed by atoms with Crippen molar-refractivity contribution in [1.82, 2.24) is 5.32 Å². The molecule has 0 radical (unpaired) electrons. The predicted molar refractivity (Wildman–Crippen MR) is 70.8 cm³/mol. The number of alkyl halides is 1. The van der Waals surface area contributed by atoms with Gasteiger partial charge in [0.2, 0.25) is 0 Å². The molecular formula is C10H9Cl4NO2. The molecule has 0 heterocycles. The van der Waals surface area contributed by atoms with E-state index >= 15 is 0 Å². The number of hydrogen-bond acceptors (Lipinski definition) is 2. The van der Waals surface area contributed by atoms with E-state index in [0.717, 1.165) is 0 Å². The van der Waals surface area contributed by atoms with E-state index in [4.69, 9.17) is 51.1 Å². The van der Waals surface area contributed by atoms with E-state index in [2.05, 4.69) is 5.32 Å². The summed E-state index contributed by atoms with van der Waals surface area (Å²) in [6.45, 7) is 1.72. The number of carbonyl (C=O) groups is 1. The Morgan fingerprint density at radius 2 is 1.82 bits per heavy atom. The van der Waals surface area contributed by atoms with Crippen molar-refractivity contribution in [1.29, 1.82) is 0 Å². The van der Waals surface area contributed by atoms with Gasteiger partial charge in [-0.3, -0.25) is 0 Å². The normalized spacial score (nSPS) is 10.2. The molecule has 0 aliphatic rings. The van der Waals surface area contributed by atoms with Gasteiger partial charge in [-0.1, -0.05) is 34.8 Å². The zero-order valence-electron chi connectivity index (χ0n) is 9.04. The molecule has 94 valence electrons. The van der Waals surface area contributed by atoms with Crippen LogP contribution in [-0.2, 0) is 5.88 Å². The first-order valence-electron chi connectivity index (χ1n) is 4.55. The molecule has 1 amide bonds. The van der Waals surface area contributed by atoms with Crippen LogP contribution >= 0.6 is 46.4 Å². The standard InChI is InChI=1S/C10H9Cl4NO2/c1-4-5(3-11)9(17-10(16)15-2)8(14)7(13)6(4)12/h3H2,1-2H3,(H,15,16). The first-order valence-corrected chi connectivity index (χ1v) is 6.22. The smallest absolute Gasteiger partial charge is 0.408 e. The maximum atomic E-state index is 11.2. The van der Waals surface area contributed by atoms with Crippen molar-refractivity contribution in [2.24, 2.45) is 0 Å². The number of rotatable bonds is 2. The molecule has 0 fully saturated rings. The number of amides is 1. The predicted octanol–water partition coefficient (Wildman–Crippen LogP) is 4.41. The monoisotopic (exact) mass is 315 g/mol. The summed E-state index contributed by atoms with van der Waals surface area (Å²) in [6, 6.07) is 0. The molecule has 17 heavy (non-hydrogen) atoms. The highest BCUT2D eigenvalue weighted by atomic mass is 35.5. The van der Waals surface area contributed by atoms with Crippen molar-refractivity contribution < 1.29 is 9.53 Å². The summed E-state index contributed by atoms with van der Waals surface area (Å²) < 4.78 is 5.02. The fourth-order valence-corrected chi connectivity index (χ4v) is 2.26. The van der Waals surface area contributed by atoms with Crippen LogP contribution in [0.3, 0.4) is 0 Å². The highest BCUT2D eigenvalue weighted by Gasteiger charge is 2.21. The van der Waals surface area contributed by atoms with Gasteiger partial charge >= 0.3 is 6.09 Å². The molecule has 0 unspecified atom stereocenters. The minimum atomic E-state index is -0.656. The van der Waals surface area contributed by atoms with Crippen LogP contribution in [0.5, 0.6) is 5.75 Å². The molecule has 7 heteroatoms. The fraction of sp³-hybridized carbons (Fsp3) is 0.300. The first-order chi connectivity index (χ1) is 7.93. The molecule has 0 aliphatic carbocycles. The Hall–Kier alpha value is -0.350. The topological polar surface area (TPSA) is 38.3 Å². The Morgan fingerprint density at radius 1 is 1.24 bits per heavy atom. The minimum absolute atomic E-state index is 0.0708. The summed E-state index contributed by atoms with van der Waals surface area (Å²) >= 11 is 23.7. The van der Waals surface area contributed by atoms with Crippen molar-refractivity contribution in [3.05, 3.63) is 26.2 Å². The van der Waals surface area contributed by atoms with Gasteiger partial charge in [0.1, 0.15) is 5.02 Å². The van der Waals surface area contributed by atoms with Crippen molar-refractivity contribution in [3.63, 3.8) is 0 Å². The van der Waals surface area contributed by atoms with Gasteiger partial charge in [-0.2, -0.15) is 0 Å². The number of ether oxygens (including phenoxy) is 1. The lowest BCUT2D eigenvalue weighted by molar-refractivity contribution is 0.202. The molecule has 0 saturated heterocycles. The van der Waals surface area contributed by atoms with Crippen LogP contribution in [0, 0.1) is 6.92 Å². The Kier molecular flexibility index (Phi) is 5.20. The zero-order valence-corrected chi connectivity index (χ0v) is 12.1. The Labute approximate surface area is 119 Å². The van der Waals surface area contributed by atoms with Crippen molar-refractivity contribution in [2.45, 2.75) is 12.8 Å². The van der Waals surface area contributed by atoms with E-state index in [9.17, 15) is 4.79 Å². The molecule has 1 N–H and O–H groups in total. The van der Waals surface area contributed by atoms with Gasteiger partial charge in [0.25, 0.3) is 0 Å². The van der Waals surface area contributed by atoms with E-state index < -0.39 is 6.09 Å². The summed E-state index contributed by atoms with van der Waals surface area (Å²) in [5, 5.41) is 2.82. The summed E-state index contributed by atoms with van der Waals surface area (Å²) in [4.78, 5) is 11.2. The van der Waals surface area contributed by atoms with Gasteiger partial charge in [-0.25, -0.2) is 4.79 Å². The summed E-state index contributed by atoms with van der Waals surface area (Å²) in [5.41, 5.74) is 1.17. The summed E-state index contributed by atoms with van der Waals surface area (Å²) in [7, 11) is 1.43. The average molecular weight is 317 g/mol. The summed E-state index contributed by atoms with van der Waals surface area (Å²) in [5.74, 6) is 0.238. The third kappa shape index (κ3) is 2.91. The van der Waals surface area contributed by atoms with E-state index in [1.54, 1.807) is 6.92 Å². The number of nitrogens with one attached hydrogen (secondary N) is 1. The van der Waals surface area contributed by atoms with Crippen LogP contribution in [0.25, 0.3) is 0 Å². The van der Waals surface area contributed by atoms with E-state index in [1.165, 1.54) is 7.05 Å². The lowest BCUT2D eigenvalue weighted by Crippen LogP contribution is -2.23. The second-order valence-electron chi connectivity index (χ2n) is 3.15. The Morgan fingerprint density at radius 3 is 2.29 bits per heavy atom. The van der Waals surface area contributed by atoms with Gasteiger partial charge in [0.15, 0.2) is 5.75 Å². The largest absolute Gasteiger partial charge is 0.412 e. The average Bonchev–Trinajstić information content (AvgIpc) is 2.33. The molecule has 0 saturated carbocycles. The Bertz CT molecular complexity index is 462. The molecule has 0 atom stereocenters. The highest BCUT2D eigenvalue weighted by Crippen LogP contribution is 2.43. The molecule has 0 bridgehead atoms. The summed E-state index contributed by atoms with van der Waals surface area (Å²) in [6.07, 6.45) is -0.656. The van der Waals surface area contributed by atoms with Gasteiger partial charge in [-0.15, -0.1) is 11.6 Å². The minimum Gasteiger partial charge on any atom is -0.408 e. The zero-order chi connectivity index (χ0) is 13.2. The van der Waals surface area contributed by atoms with Crippen LogP contribution in [0.4, 0.5) is 4.79 Å². The fourth-order valence-electron chi connectivity index (χ4n) is 1.21. The lowest BCUT2D eigenvalue weighted by Gasteiger charge is -2.15. The first kappa shape index (κ1) is 14.7. The number of halogens is 4. The van der Waals surface area contributed by atoms with Crippen LogP contribution in [0.15, 0.2) is 0 Å². The quantitative estimate of drug-likeness (QED) is 0.648. The van der Waals surface area contributed by atoms with E-state index in [-0.39, 0.29) is 21.7 Å². The maximum Gasteiger partial charge on any atom is 0.412 e.